The SMILES string of the molecule is CC(C)/C=C/[C@@H](C[C@@H]1O[C@](O)(C[C@@H](O)C(C)C)C[C@H](O)[C@H]1C(=O)NCC(C)(C)O)OC1OC(C)C(O)C(N)C1O. The van der Waals surface area contributed by atoms with Gasteiger partial charge in [0.2, 0.25) is 5.91 Å². The maximum Gasteiger partial charge on any atom is 0.228 e. The highest BCUT2D eigenvalue weighted by atomic mass is 16.7. The van der Waals surface area contributed by atoms with Crippen LogP contribution in [0.4, 0.5) is 0 Å². The van der Waals surface area contributed by atoms with Gasteiger partial charge in [0.1, 0.15) is 6.10 Å². The van der Waals surface area contributed by atoms with Gasteiger partial charge in [-0.1, -0.05) is 39.8 Å². The first kappa shape index (κ1) is 35.0. The summed E-state index contributed by atoms with van der Waals surface area (Å²) in [5.74, 6) is -3.71. The van der Waals surface area contributed by atoms with Crippen molar-refractivity contribution < 1.29 is 49.6 Å². The highest BCUT2D eigenvalue weighted by Crippen LogP contribution is 2.38. The first-order valence-electron chi connectivity index (χ1n) is 14.2. The summed E-state index contributed by atoms with van der Waals surface area (Å²) in [5.41, 5.74) is 4.77. The maximum absolute atomic E-state index is 13.3. The Balaban J connectivity index is 2.38. The quantitative estimate of drug-likeness (QED) is 0.139. The van der Waals surface area contributed by atoms with E-state index in [0.717, 1.165) is 0 Å². The number of hydrogen-bond donors (Lipinski definition) is 8. The first-order valence-corrected chi connectivity index (χ1v) is 14.2. The van der Waals surface area contributed by atoms with Gasteiger partial charge in [-0.25, -0.2) is 0 Å². The Labute approximate surface area is 237 Å². The molecule has 0 radical (unpaired) electrons. The van der Waals surface area contributed by atoms with E-state index in [1.165, 1.54) is 13.8 Å². The van der Waals surface area contributed by atoms with E-state index in [-0.39, 0.29) is 37.6 Å². The van der Waals surface area contributed by atoms with Crippen LogP contribution < -0.4 is 11.1 Å². The molecule has 0 bridgehead atoms. The molecule has 2 saturated heterocycles. The Hall–Kier alpha value is -1.19. The molecule has 0 aliphatic carbocycles. The summed E-state index contributed by atoms with van der Waals surface area (Å²) < 4.78 is 17.9. The van der Waals surface area contributed by atoms with Crippen molar-refractivity contribution in [2.45, 2.75) is 134 Å². The summed E-state index contributed by atoms with van der Waals surface area (Å²) in [5, 5.41) is 66.4. The van der Waals surface area contributed by atoms with Crippen LogP contribution in [0, 0.1) is 17.8 Å². The smallest absolute Gasteiger partial charge is 0.228 e. The third kappa shape index (κ3) is 9.97. The lowest BCUT2D eigenvalue weighted by Crippen LogP contribution is -2.62. The number of aliphatic hydroxyl groups is 6. The van der Waals surface area contributed by atoms with E-state index < -0.39 is 78.3 Å². The predicted molar refractivity (Wildman–Crippen MR) is 146 cm³/mol. The fourth-order valence-electron chi connectivity index (χ4n) is 4.87. The minimum Gasteiger partial charge on any atom is -0.393 e. The van der Waals surface area contributed by atoms with E-state index in [0.29, 0.717) is 0 Å². The van der Waals surface area contributed by atoms with Crippen LogP contribution in [0.1, 0.15) is 67.7 Å². The zero-order valence-electron chi connectivity index (χ0n) is 24.8. The zero-order valence-corrected chi connectivity index (χ0v) is 24.8. The Morgan fingerprint density at radius 1 is 1.18 bits per heavy atom. The fraction of sp³-hybridized carbons (Fsp3) is 0.893. The number of carbonyl (C=O) groups is 1. The number of nitrogens with one attached hydrogen (secondary N) is 1. The average Bonchev–Trinajstić information content (AvgIpc) is 2.81. The summed E-state index contributed by atoms with van der Waals surface area (Å²) >= 11 is 0. The molecule has 12 nitrogen and oxygen atoms in total. The molecule has 2 rings (SSSR count). The van der Waals surface area contributed by atoms with Crippen molar-refractivity contribution in [1.29, 1.82) is 0 Å². The highest BCUT2D eigenvalue weighted by Gasteiger charge is 2.50. The van der Waals surface area contributed by atoms with Crippen molar-refractivity contribution in [3.8, 4) is 0 Å². The molecule has 1 amide bonds. The van der Waals surface area contributed by atoms with Crippen molar-refractivity contribution in [3.05, 3.63) is 12.2 Å². The Morgan fingerprint density at radius 2 is 1.80 bits per heavy atom. The van der Waals surface area contributed by atoms with E-state index in [1.807, 2.05) is 19.9 Å². The van der Waals surface area contributed by atoms with E-state index >= 15 is 0 Å². The van der Waals surface area contributed by atoms with Gasteiger partial charge >= 0.3 is 0 Å². The standard InChI is InChI=1S/C28H52N2O10/c1-14(2)8-9-17(39-26-24(34)22(29)23(33)16(5)38-26)10-20-21(25(35)30-13-27(6,7)36)19(32)12-28(37,40-20)11-18(31)15(3)4/h8-9,14-24,26,31-34,36-37H,10-13,29H2,1-7H3,(H,30,35)/b9-8+/t16?,17-,18+,19-,20-,21+,22?,23?,24?,26?,28+/m0/s1. The number of nitrogens with two attached hydrogens (primary N) is 1. The third-order valence-corrected chi connectivity index (χ3v) is 7.39. The molecule has 0 saturated carbocycles. The Morgan fingerprint density at radius 3 is 2.35 bits per heavy atom. The minimum atomic E-state index is -1.92. The van der Waals surface area contributed by atoms with Crippen molar-refractivity contribution in [3.63, 3.8) is 0 Å². The van der Waals surface area contributed by atoms with Gasteiger partial charge in [-0.05, 0) is 32.6 Å². The molecule has 2 heterocycles. The monoisotopic (exact) mass is 576 g/mol. The summed E-state index contributed by atoms with van der Waals surface area (Å²) in [6.07, 6.45) is -5.48. The molecule has 40 heavy (non-hydrogen) atoms. The Bertz CT molecular complexity index is 834. The molecule has 2 aliphatic rings. The van der Waals surface area contributed by atoms with Crippen molar-refractivity contribution in [2.24, 2.45) is 23.5 Å². The van der Waals surface area contributed by atoms with Crippen LogP contribution in [-0.4, -0.2) is 110 Å². The largest absolute Gasteiger partial charge is 0.393 e. The zero-order chi connectivity index (χ0) is 30.6. The van der Waals surface area contributed by atoms with E-state index in [4.69, 9.17) is 19.9 Å². The second-order valence-corrected chi connectivity index (χ2v) is 12.8. The minimum absolute atomic E-state index is 0.0419. The van der Waals surface area contributed by atoms with Gasteiger partial charge in [0, 0.05) is 25.8 Å². The van der Waals surface area contributed by atoms with Crippen LogP contribution in [-0.2, 0) is 19.0 Å². The molecule has 2 fully saturated rings. The van der Waals surface area contributed by atoms with Crippen molar-refractivity contribution in [2.75, 3.05) is 6.54 Å². The first-order chi connectivity index (χ1) is 18.3. The number of hydrogen-bond acceptors (Lipinski definition) is 11. The van der Waals surface area contributed by atoms with Gasteiger partial charge in [-0.3, -0.25) is 4.79 Å². The molecule has 5 unspecified atom stereocenters. The number of allylic oxidation sites excluding steroid dienone is 1. The van der Waals surface area contributed by atoms with Crippen molar-refractivity contribution >= 4 is 5.91 Å². The molecule has 12 heteroatoms. The van der Waals surface area contributed by atoms with E-state index in [2.05, 4.69) is 5.32 Å². The summed E-state index contributed by atoms with van der Waals surface area (Å²) in [6, 6.07) is -1.01. The molecule has 0 aromatic heterocycles. The van der Waals surface area contributed by atoms with Crippen LogP contribution >= 0.6 is 0 Å². The van der Waals surface area contributed by atoms with Gasteiger partial charge in [-0.2, -0.15) is 0 Å². The number of amides is 1. The number of carbonyl (C=O) groups excluding carboxylic acids is 1. The van der Waals surface area contributed by atoms with E-state index in [9.17, 15) is 35.4 Å². The lowest BCUT2D eigenvalue weighted by Gasteiger charge is -2.46. The van der Waals surface area contributed by atoms with Crippen LogP contribution in [0.15, 0.2) is 12.2 Å². The number of rotatable bonds is 12. The molecule has 0 aromatic carbocycles. The number of ether oxygens (including phenoxy) is 3. The summed E-state index contributed by atoms with van der Waals surface area (Å²) in [4.78, 5) is 13.3. The van der Waals surface area contributed by atoms with Crippen LogP contribution in [0.5, 0.6) is 0 Å². The Kier molecular flexibility index (Phi) is 12.5. The molecule has 9 N–H and O–H groups in total. The van der Waals surface area contributed by atoms with Crippen LogP contribution in [0.3, 0.4) is 0 Å². The predicted octanol–water partition coefficient (Wildman–Crippen LogP) is -0.483. The van der Waals surface area contributed by atoms with Gasteiger partial charge in [0.25, 0.3) is 0 Å². The molecule has 234 valence electrons. The summed E-state index contributed by atoms with van der Waals surface area (Å²) in [7, 11) is 0. The highest BCUT2D eigenvalue weighted by molar-refractivity contribution is 5.80. The van der Waals surface area contributed by atoms with Gasteiger partial charge in [-0.15, -0.1) is 0 Å². The summed E-state index contributed by atoms with van der Waals surface area (Å²) in [6.45, 7) is 12.1. The topological polar surface area (TPSA) is 204 Å². The molecular weight excluding hydrogens is 524 g/mol. The normalized spacial score (nSPS) is 37.2. The molecule has 2 aliphatic heterocycles. The van der Waals surface area contributed by atoms with Gasteiger partial charge < -0.3 is 55.9 Å². The van der Waals surface area contributed by atoms with Crippen molar-refractivity contribution in [1.82, 2.24) is 5.32 Å². The maximum atomic E-state index is 13.3. The molecular formula is C28H52N2O10. The molecule has 0 spiro atoms. The number of aliphatic hydroxyl groups excluding tert-OH is 4. The second-order valence-electron chi connectivity index (χ2n) is 12.8. The second kappa shape index (κ2) is 14.3. The third-order valence-electron chi connectivity index (χ3n) is 7.39. The van der Waals surface area contributed by atoms with E-state index in [1.54, 1.807) is 26.8 Å². The van der Waals surface area contributed by atoms with Gasteiger partial charge in [0.15, 0.2) is 12.1 Å². The molecule has 11 atom stereocenters. The fourth-order valence-corrected chi connectivity index (χ4v) is 4.87. The lowest BCUT2D eigenvalue weighted by atomic mass is 9.81. The van der Waals surface area contributed by atoms with Gasteiger partial charge in [0.05, 0.1) is 54.2 Å². The van der Waals surface area contributed by atoms with Crippen LogP contribution in [0.25, 0.3) is 0 Å². The molecule has 0 aromatic rings. The average molecular weight is 577 g/mol. The lowest BCUT2D eigenvalue weighted by molar-refractivity contribution is -0.307. The van der Waals surface area contributed by atoms with Crippen LogP contribution in [0.2, 0.25) is 0 Å².